The maximum atomic E-state index is 14.3. The molecule has 0 unspecified atom stereocenters. The Morgan fingerprint density at radius 3 is 1.66 bits per heavy atom. The number of hydrogen-bond acceptors (Lipinski definition) is 1. The summed E-state index contributed by atoms with van der Waals surface area (Å²) in [5, 5.41) is 1.73. The number of allylic oxidation sites excluding steroid dienone is 4. The van der Waals surface area contributed by atoms with E-state index in [-0.39, 0.29) is 17.7 Å². The van der Waals surface area contributed by atoms with Crippen molar-refractivity contribution in [2.24, 2.45) is 0 Å². The van der Waals surface area contributed by atoms with E-state index in [2.05, 4.69) is 6.58 Å². The highest BCUT2D eigenvalue weighted by Crippen LogP contribution is 2.46. The van der Waals surface area contributed by atoms with Gasteiger partial charge in [0, 0.05) is 45.4 Å². The van der Waals surface area contributed by atoms with E-state index in [0.717, 1.165) is 40.6 Å². The highest BCUT2D eigenvalue weighted by atomic mass is 19.4. The van der Waals surface area contributed by atoms with Gasteiger partial charge in [0.2, 0.25) is 0 Å². The minimum Gasteiger partial charge on any atom is -0.337 e. The number of aromatic nitrogens is 1. The van der Waals surface area contributed by atoms with Gasteiger partial charge in [-0.2, -0.15) is 26.3 Å². The zero-order chi connectivity index (χ0) is 32.9. The van der Waals surface area contributed by atoms with Gasteiger partial charge < -0.3 is 9.47 Å². The maximum Gasteiger partial charge on any atom is 0.416 e. The summed E-state index contributed by atoms with van der Waals surface area (Å²) in [6.45, 7) is 4.41. The Hall–Kier alpha value is -5.50. The fraction of sp³-hybridized carbons (Fsp3) is 0.0769. The van der Waals surface area contributed by atoms with Gasteiger partial charge in [-0.05, 0) is 60.2 Å². The lowest BCUT2D eigenvalue weighted by Gasteiger charge is -2.30. The van der Waals surface area contributed by atoms with Crippen LogP contribution in [0.25, 0.3) is 44.2 Å². The first kappa shape index (κ1) is 30.2. The molecular formula is C39H26F6N2. The molecule has 0 N–H and O–H groups in total. The fourth-order valence-electron chi connectivity index (χ4n) is 6.28. The van der Waals surface area contributed by atoms with Crippen LogP contribution in [0.2, 0.25) is 0 Å². The van der Waals surface area contributed by atoms with Crippen LogP contribution in [0.3, 0.4) is 0 Å². The van der Waals surface area contributed by atoms with Crippen LogP contribution in [0.4, 0.5) is 37.7 Å². The SMILES string of the molecule is C=C1/C=C\C=C/CN(c2ccc(C(F)(F)F)cc2-c2cc(C(F)(F)F)ccc2-n2c3ccccc3c3ccccc32)c2ccccc21. The van der Waals surface area contributed by atoms with Crippen molar-refractivity contribution in [1.29, 1.82) is 0 Å². The third kappa shape index (κ3) is 5.39. The lowest BCUT2D eigenvalue weighted by molar-refractivity contribution is -0.138. The van der Waals surface area contributed by atoms with Gasteiger partial charge in [-0.3, -0.25) is 0 Å². The smallest absolute Gasteiger partial charge is 0.337 e. The van der Waals surface area contributed by atoms with Crippen LogP contribution in [0.15, 0.2) is 140 Å². The standard InChI is InChI=1S/C39H26F6N2/c1-25-11-3-2-10-22-46(33-15-7-4-12-28(25)33)34-20-18-26(38(40,41)42)23-31(34)32-24-27(39(43,44)45)19-21-37(32)47-35-16-8-5-13-29(35)30-14-6-9-17-36(30)47/h2-21,23-24H,1,22H2/b10-2-,11-3-. The van der Waals surface area contributed by atoms with Crippen molar-refractivity contribution < 1.29 is 26.3 Å². The van der Waals surface area contributed by atoms with Crippen molar-refractivity contribution >= 4 is 38.8 Å². The Bertz CT molecular complexity index is 2180. The van der Waals surface area contributed by atoms with E-state index in [4.69, 9.17) is 0 Å². The molecule has 234 valence electrons. The quantitative estimate of drug-likeness (QED) is 0.176. The highest BCUT2D eigenvalue weighted by Gasteiger charge is 2.35. The van der Waals surface area contributed by atoms with Gasteiger partial charge >= 0.3 is 12.4 Å². The van der Waals surface area contributed by atoms with Gasteiger partial charge in [-0.1, -0.05) is 85.5 Å². The molecule has 0 saturated heterocycles. The van der Waals surface area contributed by atoms with Crippen molar-refractivity contribution in [3.63, 3.8) is 0 Å². The number of benzene rings is 5. The number of alkyl halides is 6. The summed E-state index contributed by atoms with van der Waals surface area (Å²) in [6, 6.07) is 28.8. The van der Waals surface area contributed by atoms with Crippen LogP contribution in [-0.2, 0) is 12.4 Å². The van der Waals surface area contributed by atoms with Gasteiger partial charge in [0.25, 0.3) is 0 Å². The molecule has 0 atom stereocenters. The van der Waals surface area contributed by atoms with E-state index in [9.17, 15) is 26.3 Å². The number of halogens is 6. The van der Waals surface area contributed by atoms with E-state index in [0.29, 0.717) is 33.7 Å². The second-order valence-electron chi connectivity index (χ2n) is 11.3. The molecule has 1 aliphatic heterocycles. The molecule has 2 nitrogen and oxygen atoms in total. The van der Waals surface area contributed by atoms with Gasteiger partial charge in [0.15, 0.2) is 0 Å². The minimum atomic E-state index is -4.74. The fourth-order valence-corrected chi connectivity index (χ4v) is 6.28. The first-order valence-electron chi connectivity index (χ1n) is 14.8. The van der Waals surface area contributed by atoms with Crippen molar-refractivity contribution in [1.82, 2.24) is 4.57 Å². The highest BCUT2D eigenvalue weighted by molar-refractivity contribution is 6.10. The van der Waals surface area contributed by atoms with Gasteiger partial charge in [-0.25, -0.2) is 0 Å². The number of nitrogens with zero attached hydrogens (tertiary/aromatic N) is 2. The van der Waals surface area contributed by atoms with Gasteiger partial charge in [0.1, 0.15) is 0 Å². The van der Waals surface area contributed by atoms with Gasteiger partial charge in [0.05, 0.1) is 27.8 Å². The van der Waals surface area contributed by atoms with Crippen molar-refractivity contribution in [3.05, 3.63) is 157 Å². The van der Waals surface area contributed by atoms with Gasteiger partial charge in [-0.15, -0.1) is 0 Å². The average Bonchev–Trinajstić information content (AvgIpc) is 3.42. The third-order valence-electron chi connectivity index (χ3n) is 8.42. The van der Waals surface area contributed by atoms with E-state index in [1.807, 2.05) is 107 Å². The summed E-state index contributed by atoms with van der Waals surface area (Å²) in [5.41, 5.74) is 2.18. The molecule has 5 aromatic carbocycles. The largest absolute Gasteiger partial charge is 0.416 e. The van der Waals surface area contributed by atoms with E-state index in [1.54, 1.807) is 0 Å². The molecule has 2 heterocycles. The Labute approximate surface area is 266 Å². The number of hydrogen-bond donors (Lipinski definition) is 0. The van der Waals surface area contributed by atoms with Crippen LogP contribution in [0, 0.1) is 0 Å². The number of fused-ring (bicyclic) bond motifs is 4. The molecule has 6 aromatic rings. The minimum absolute atomic E-state index is 0.00353. The van der Waals surface area contributed by atoms with Crippen LogP contribution in [0.1, 0.15) is 16.7 Å². The van der Waals surface area contributed by atoms with E-state index in [1.165, 1.54) is 12.1 Å². The third-order valence-corrected chi connectivity index (χ3v) is 8.42. The van der Waals surface area contributed by atoms with Crippen LogP contribution >= 0.6 is 0 Å². The summed E-state index contributed by atoms with van der Waals surface area (Å²) < 4.78 is 87.9. The molecule has 1 aliphatic rings. The molecule has 0 bridgehead atoms. The molecule has 7 rings (SSSR count). The molecule has 0 amide bonds. The number of para-hydroxylation sites is 3. The van der Waals surface area contributed by atoms with E-state index >= 15 is 0 Å². The molecular weight excluding hydrogens is 610 g/mol. The summed E-state index contributed by atoms with van der Waals surface area (Å²) in [5.74, 6) is 0. The summed E-state index contributed by atoms with van der Waals surface area (Å²) in [6.07, 6.45) is -2.18. The lowest BCUT2D eigenvalue weighted by Crippen LogP contribution is -2.20. The van der Waals surface area contributed by atoms with Crippen molar-refractivity contribution in [2.75, 3.05) is 11.4 Å². The Morgan fingerprint density at radius 2 is 1.04 bits per heavy atom. The summed E-state index contributed by atoms with van der Waals surface area (Å²) >= 11 is 0. The second-order valence-corrected chi connectivity index (χ2v) is 11.3. The molecule has 1 aromatic heterocycles. The Balaban J connectivity index is 1.59. The van der Waals surface area contributed by atoms with E-state index < -0.39 is 23.5 Å². The predicted octanol–water partition coefficient (Wildman–Crippen LogP) is 11.8. The van der Waals surface area contributed by atoms with Crippen LogP contribution in [0.5, 0.6) is 0 Å². The molecule has 0 aliphatic carbocycles. The Kier molecular flexibility index (Phi) is 7.31. The molecule has 0 radical (unpaired) electrons. The molecule has 0 spiro atoms. The van der Waals surface area contributed by atoms with Crippen molar-refractivity contribution in [2.45, 2.75) is 12.4 Å². The van der Waals surface area contributed by atoms with Crippen LogP contribution in [-0.4, -0.2) is 11.1 Å². The summed E-state index contributed by atoms with van der Waals surface area (Å²) in [4.78, 5) is 1.81. The zero-order valence-electron chi connectivity index (χ0n) is 24.8. The Morgan fingerprint density at radius 1 is 0.532 bits per heavy atom. The molecule has 47 heavy (non-hydrogen) atoms. The van der Waals surface area contributed by atoms with Crippen LogP contribution < -0.4 is 4.90 Å². The first-order chi connectivity index (χ1) is 22.5. The second kappa shape index (κ2) is 11.4. The normalized spacial score (nSPS) is 15.3. The lowest BCUT2D eigenvalue weighted by atomic mass is 9.95. The molecule has 8 heteroatoms. The first-order valence-corrected chi connectivity index (χ1v) is 14.8. The maximum absolute atomic E-state index is 14.3. The summed E-state index contributed by atoms with van der Waals surface area (Å²) in [7, 11) is 0. The topological polar surface area (TPSA) is 8.17 Å². The monoisotopic (exact) mass is 636 g/mol. The molecule has 0 saturated carbocycles. The predicted molar refractivity (Wildman–Crippen MR) is 177 cm³/mol. The number of rotatable bonds is 3. The molecule has 0 fully saturated rings. The number of anilines is 2. The zero-order valence-corrected chi connectivity index (χ0v) is 24.8. The van der Waals surface area contributed by atoms with Crippen molar-refractivity contribution in [3.8, 4) is 16.8 Å². The average molecular weight is 637 g/mol.